The molecule has 0 atom stereocenters. The Balaban J connectivity index is 1.78. The average Bonchev–Trinajstić information content (AvgIpc) is 3.10. The Kier molecular flexibility index (Phi) is 5.97. The van der Waals surface area contributed by atoms with Gasteiger partial charge in [0.1, 0.15) is 11.6 Å². The molecule has 0 aliphatic carbocycles. The number of nitrogens with one attached hydrogen (secondary N) is 1. The smallest absolute Gasteiger partial charge is 0.246 e. The number of carbonyl (C=O) groups excluding carboxylic acids is 1. The van der Waals surface area contributed by atoms with Gasteiger partial charge in [0.2, 0.25) is 21.1 Å². The normalized spacial score (nSPS) is 11.2. The maximum Gasteiger partial charge on any atom is 0.246 e. The largest absolute Gasteiger partial charge is 0.299 e. The summed E-state index contributed by atoms with van der Waals surface area (Å²) in [5, 5.41) is 11.9. The molecule has 0 unspecified atom stereocenters. The van der Waals surface area contributed by atoms with E-state index < -0.39 is 22.5 Å². The van der Waals surface area contributed by atoms with Crippen LogP contribution in [0.3, 0.4) is 0 Å². The topological polar surface area (TPSA) is 92.3 Å². The number of benzene rings is 2. The molecule has 7 nitrogen and oxygen atoms in total. The molecule has 146 valence electrons. The molecule has 1 heterocycles. The lowest BCUT2D eigenvalue weighted by atomic mass is 10.2. The van der Waals surface area contributed by atoms with Crippen LogP contribution >= 0.6 is 22.9 Å². The number of aromatic nitrogens is 2. The van der Waals surface area contributed by atoms with Crippen molar-refractivity contribution in [2.24, 2.45) is 0 Å². The van der Waals surface area contributed by atoms with Gasteiger partial charge in [0.05, 0.1) is 11.9 Å². The maximum atomic E-state index is 12.5. The highest BCUT2D eigenvalue weighted by Gasteiger charge is 2.23. The Hall–Kier alpha value is -2.49. The number of anilines is 2. The van der Waals surface area contributed by atoms with Crippen molar-refractivity contribution >= 4 is 49.7 Å². The number of nitrogens with zero attached hydrogens (tertiary/aromatic N) is 3. The van der Waals surface area contributed by atoms with Gasteiger partial charge in [-0.3, -0.25) is 14.4 Å². The van der Waals surface area contributed by atoms with E-state index in [-0.39, 0.29) is 0 Å². The molecule has 0 aliphatic heterocycles. The zero-order valence-electron chi connectivity index (χ0n) is 15.1. The molecule has 0 aliphatic rings. The Morgan fingerprint density at radius 2 is 1.89 bits per heavy atom. The van der Waals surface area contributed by atoms with E-state index in [1.807, 2.05) is 30.3 Å². The van der Waals surface area contributed by atoms with Crippen molar-refractivity contribution in [1.82, 2.24) is 10.2 Å². The first-order chi connectivity index (χ1) is 13.2. The van der Waals surface area contributed by atoms with Crippen LogP contribution in [0.15, 0.2) is 48.5 Å². The van der Waals surface area contributed by atoms with Crippen LogP contribution in [-0.4, -0.2) is 37.3 Å². The molecule has 1 amide bonds. The van der Waals surface area contributed by atoms with Crippen LogP contribution in [-0.2, 0) is 14.8 Å². The van der Waals surface area contributed by atoms with E-state index in [0.29, 0.717) is 26.4 Å². The summed E-state index contributed by atoms with van der Waals surface area (Å²) < 4.78 is 25.5. The van der Waals surface area contributed by atoms with Crippen LogP contribution in [0.2, 0.25) is 5.02 Å². The first kappa shape index (κ1) is 20.2. The van der Waals surface area contributed by atoms with E-state index in [9.17, 15) is 13.2 Å². The monoisotopic (exact) mass is 436 g/mol. The first-order valence-electron chi connectivity index (χ1n) is 8.16. The summed E-state index contributed by atoms with van der Waals surface area (Å²) in [7, 11) is -3.70. The highest BCUT2D eigenvalue weighted by atomic mass is 35.5. The van der Waals surface area contributed by atoms with Crippen molar-refractivity contribution in [3.8, 4) is 10.6 Å². The number of hydrogen-bond donors (Lipinski definition) is 1. The third-order valence-corrected chi connectivity index (χ3v) is 6.07. The third kappa shape index (κ3) is 4.86. The van der Waals surface area contributed by atoms with Crippen LogP contribution < -0.4 is 9.62 Å². The second-order valence-corrected chi connectivity index (χ2v) is 9.35. The van der Waals surface area contributed by atoms with Gasteiger partial charge in [-0.25, -0.2) is 8.42 Å². The number of carbonyl (C=O) groups is 1. The molecule has 10 heteroatoms. The van der Waals surface area contributed by atoms with Crippen molar-refractivity contribution in [3.05, 3.63) is 59.1 Å². The fraction of sp³-hybridized carbons (Fsp3) is 0.167. The Morgan fingerprint density at radius 3 is 2.57 bits per heavy atom. The Labute approximate surface area is 172 Å². The molecular weight excluding hydrogens is 420 g/mol. The summed E-state index contributed by atoms with van der Waals surface area (Å²) in [5.74, 6) is -0.527. The minimum atomic E-state index is -3.70. The highest BCUT2D eigenvalue weighted by Crippen LogP contribution is 2.28. The van der Waals surface area contributed by atoms with Gasteiger partial charge in [-0.15, -0.1) is 10.2 Å². The van der Waals surface area contributed by atoms with Crippen molar-refractivity contribution in [3.63, 3.8) is 0 Å². The van der Waals surface area contributed by atoms with Gasteiger partial charge in [0, 0.05) is 10.6 Å². The van der Waals surface area contributed by atoms with Crippen molar-refractivity contribution in [2.45, 2.75) is 6.92 Å². The zero-order valence-corrected chi connectivity index (χ0v) is 17.5. The average molecular weight is 437 g/mol. The Bertz CT molecular complexity index is 1100. The van der Waals surface area contributed by atoms with Crippen LogP contribution in [0.5, 0.6) is 0 Å². The number of sulfonamides is 1. The molecule has 0 spiro atoms. The van der Waals surface area contributed by atoms with Crippen LogP contribution in [0.4, 0.5) is 10.8 Å². The van der Waals surface area contributed by atoms with E-state index >= 15 is 0 Å². The van der Waals surface area contributed by atoms with Gasteiger partial charge in [-0.05, 0) is 24.6 Å². The minimum Gasteiger partial charge on any atom is -0.299 e. The van der Waals surface area contributed by atoms with E-state index in [4.69, 9.17) is 11.6 Å². The molecule has 3 rings (SSSR count). The van der Waals surface area contributed by atoms with Gasteiger partial charge in [-0.1, -0.05) is 59.3 Å². The second kappa shape index (κ2) is 8.26. The summed E-state index contributed by atoms with van der Waals surface area (Å²) in [6.07, 6.45) is 1.04. The molecule has 0 radical (unpaired) electrons. The number of halogens is 1. The lowest BCUT2D eigenvalue weighted by molar-refractivity contribution is -0.114. The predicted molar refractivity (Wildman–Crippen MR) is 112 cm³/mol. The van der Waals surface area contributed by atoms with E-state index in [0.717, 1.165) is 16.1 Å². The number of hydrogen-bond acceptors (Lipinski definition) is 6. The summed E-state index contributed by atoms with van der Waals surface area (Å²) in [6.45, 7) is 1.35. The number of rotatable bonds is 6. The van der Waals surface area contributed by atoms with Gasteiger partial charge in [0.25, 0.3) is 0 Å². The van der Waals surface area contributed by atoms with Crippen LogP contribution in [0.25, 0.3) is 10.6 Å². The second-order valence-electron chi connectivity index (χ2n) is 6.03. The van der Waals surface area contributed by atoms with Crippen molar-refractivity contribution in [1.29, 1.82) is 0 Å². The highest BCUT2D eigenvalue weighted by molar-refractivity contribution is 7.92. The minimum absolute atomic E-state index is 0.292. The zero-order chi connectivity index (χ0) is 20.3. The summed E-state index contributed by atoms with van der Waals surface area (Å²) in [5.41, 5.74) is 1.92. The summed E-state index contributed by atoms with van der Waals surface area (Å²) in [6, 6.07) is 14.3. The molecule has 2 aromatic carbocycles. The molecule has 0 fully saturated rings. The fourth-order valence-corrected chi connectivity index (χ4v) is 4.33. The standard InChI is InChI=1S/C18H17ClN4O3S2/c1-12-8-9-14(19)10-15(12)23(28(2,25)26)11-16(24)20-18-22-21-17(27-18)13-6-4-3-5-7-13/h3-10H,11H2,1-2H3,(H,20,22,24). The molecule has 28 heavy (non-hydrogen) atoms. The summed E-state index contributed by atoms with van der Waals surface area (Å²) >= 11 is 7.21. The van der Waals surface area contributed by atoms with Crippen LogP contribution in [0.1, 0.15) is 5.56 Å². The summed E-state index contributed by atoms with van der Waals surface area (Å²) in [4.78, 5) is 12.5. The SMILES string of the molecule is Cc1ccc(Cl)cc1N(CC(=O)Nc1nnc(-c2ccccc2)s1)S(C)(=O)=O. The van der Waals surface area contributed by atoms with Gasteiger partial charge < -0.3 is 0 Å². The van der Waals surface area contributed by atoms with E-state index in [1.165, 1.54) is 17.4 Å². The van der Waals surface area contributed by atoms with E-state index in [1.54, 1.807) is 19.1 Å². The molecule has 3 aromatic rings. The van der Waals surface area contributed by atoms with Crippen molar-refractivity contribution < 1.29 is 13.2 Å². The maximum absolute atomic E-state index is 12.5. The van der Waals surface area contributed by atoms with Gasteiger partial charge in [0.15, 0.2) is 0 Å². The third-order valence-electron chi connectivity index (χ3n) is 3.82. The lowest BCUT2D eigenvalue weighted by Gasteiger charge is -2.23. The lowest BCUT2D eigenvalue weighted by Crippen LogP contribution is -2.37. The molecular formula is C18H17ClN4O3S2. The molecule has 0 bridgehead atoms. The Morgan fingerprint density at radius 1 is 1.18 bits per heavy atom. The molecule has 0 saturated carbocycles. The van der Waals surface area contributed by atoms with E-state index in [2.05, 4.69) is 15.5 Å². The van der Waals surface area contributed by atoms with Crippen LogP contribution in [0, 0.1) is 6.92 Å². The van der Waals surface area contributed by atoms with Crippen molar-refractivity contribution in [2.75, 3.05) is 22.4 Å². The fourth-order valence-electron chi connectivity index (χ4n) is 2.49. The number of amides is 1. The quantitative estimate of drug-likeness (QED) is 0.637. The molecule has 1 N–H and O–H groups in total. The molecule has 1 aromatic heterocycles. The van der Waals surface area contributed by atoms with Gasteiger partial charge in [-0.2, -0.15) is 0 Å². The number of aryl methyl sites for hydroxylation is 1. The molecule has 0 saturated heterocycles. The van der Waals surface area contributed by atoms with Gasteiger partial charge >= 0.3 is 0 Å². The first-order valence-corrected chi connectivity index (χ1v) is 11.2. The predicted octanol–water partition coefficient (Wildman–Crippen LogP) is 3.57.